The Morgan fingerprint density at radius 1 is 1.08 bits per heavy atom. The lowest BCUT2D eigenvalue weighted by Gasteiger charge is -2.22. The van der Waals surface area contributed by atoms with Crippen LogP contribution in [0.2, 0.25) is 0 Å². The summed E-state index contributed by atoms with van der Waals surface area (Å²) in [6.45, 7) is 13.6. The van der Waals surface area contributed by atoms with Gasteiger partial charge in [-0.2, -0.15) is 0 Å². The second kappa shape index (κ2) is 8.52. The first-order valence-corrected chi connectivity index (χ1v) is 5.74. The molecule has 0 saturated carbocycles. The Kier molecular flexibility index (Phi) is 8.46. The summed E-state index contributed by atoms with van der Waals surface area (Å²) >= 11 is 0. The Labute approximate surface area is 83.7 Å². The normalized spacial score (nSPS) is 13.6. The Bertz CT molecular complexity index is 100. The molecular formula is C11H26N2. The molecule has 80 valence electrons. The maximum absolute atomic E-state index is 3.51. The minimum atomic E-state index is 0.714. The first-order valence-electron chi connectivity index (χ1n) is 5.74. The van der Waals surface area contributed by atoms with Crippen LogP contribution in [0.1, 0.15) is 40.5 Å². The lowest BCUT2D eigenvalue weighted by atomic mass is 10.1. The van der Waals surface area contributed by atoms with E-state index in [0.29, 0.717) is 6.04 Å². The van der Waals surface area contributed by atoms with E-state index in [1.807, 2.05) is 0 Å². The monoisotopic (exact) mass is 186 g/mol. The molecule has 1 atom stereocenters. The molecule has 0 saturated heterocycles. The van der Waals surface area contributed by atoms with Crippen molar-refractivity contribution in [1.29, 1.82) is 0 Å². The fraction of sp³-hybridized carbons (Fsp3) is 1.00. The molecule has 1 N–H and O–H groups in total. The van der Waals surface area contributed by atoms with Gasteiger partial charge < -0.3 is 10.2 Å². The first-order chi connectivity index (χ1) is 6.28. The van der Waals surface area contributed by atoms with Crippen LogP contribution in [0, 0.1) is 0 Å². The van der Waals surface area contributed by atoms with Crippen molar-refractivity contribution in [2.75, 3.05) is 26.2 Å². The molecule has 2 heteroatoms. The molecule has 0 rings (SSSR count). The second-order valence-electron chi connectivity index (χ2n) is 3.48. The maximum atomic E-state index is 3.51. The highest BCUT2D eigenvalue weighted by molar-refractivity contribution is 4.66. The Morgan fingerprint density at radius 3 is 2.08 bits per heavy atom. The standard InChI is InChI=1S/C11H26N2/c1-5-11(12-6-2)9-10-13(7-3)8-4/h11-12H,5-10H2,1-4H3. The summed E-state index contributed by atoms with van der Waals surface area (Å²) in [5, 5.41) is 3.51. The summed E-state index contributed by atoms with van der Waals surface area (Å²) in [6.07, 6.45) is 2.53. The topological polar surface area (TPSA) is 15.3 Å². The van der Waals surface area contributed by atoms with Crippen molar-refractivity contribution in [3.63, 3.8) is 0 Å². The van der Waals surface area contributed by atoms with Gasteiger partial charge in [0, 0.05) is 6.04 Å². The van der Waals surface area contributed by atoms with Gasteiger partial charge in [-0.1, -0.05) is 27.7 Å². The predicted molar refractivity (Wildman–Crippen MR) is 60.2 cm³/mol. The number of hydrogen-bond acceptors (Lipinski definition) is 2. The van der Waals surface area contributed by atoms with Crippen LogP contribution in [-0.4, -0.2) is 37.1 Å². The van der Waals surface area contributed by atoms with E-state index < -0.39 is 0 Å². The maximum Gasteiger partial charge on any atom is 0.00764 e. The molecule has 0 aromatic heterocycles. The van der Waals surface area contributed by atoms with Crippen LogP contribution in [0.3, 0.4) is 0 Å². The number of hydrogen-bond donors (Lipinski definition) is 1. The van der Waals surface area contributed by atoms with Gasteiger partial charge in [0.1, 0.15) is 0 Å². The van der Waals surface area contributed by atoms with E-state index in [-0.39, 0.29) is 0 Å². The molecule has 1 unspecified atom stereocenters. The highest BCUT2D eigenvalue weighted by Crippen LogP contribution is 1.99. The van der Waals surface area contributed by atoms with E-state index in [2.05, 4.69) is 37.9 Å². The molecule has 0 aromatic carbocycles. The number of nitrogens with zero attached hydrogens (tertiary/aromatic N) is 1. The molecule has 0 aliphatic carbocycles. The first kappa shape index (κ1) is 12.9. The third-order valence-electron chi connectivity index (χ3n) is 2.67. The average Bonchev–Trinajstić information content (AvgIpc) is 2.17. The van der Waals surface area contributed by atoms with Crippen LogP contribution >= 0.6 is 0 Å². The fourth-order valence-corrected chi connectivity index (χ4v) is 1.62. The predicted octanol–water partition coefficient (Wildman–Crippen LogP) is 2.11. The van der Waals surface area contributed by atoms with Crippen molar-refractivity contribution in [2.45, 2.75) is 46.6 Å². The van der Waals surface area contributed by atoms with Crippen molar-refractivity contribution in [2.24, 2.45) is 0 Å². The van der Waals surface area contributed by atoms with Crippen molar-refractivity contribution >= 4 is 0 Å². The molecule has 0 amide bonds. The van der Waals surface area contributed by atoms with Gasteiger partial charge >= 0.3 is 0 Å². The van der Waals surface area contributed by atoms with Crippen molar-refractivity contribution in [3.05, 3.63) is 0 Å². The Balaban J connectivity index is 3.56. The van der Waals surface area contributed by atoms with E-state index in [1.54, 1.807) is 0 Å². The van der Waals surface area contributed by atoms with Crippen LogP contribution in [0.15, 0.2) is 0 Å². The third kappa shape index (κ3) is 6.05. The minimum absolute atomic E-state index is 0.714. The Morgan fingerprint density at radius 2 is 1.69 bits per heavy atom. The van der Waals surface area contributed by atoms with Gasteiger partial charge in [-0.3, -0.25) is 0 Å². The molecule has 13 heavy (non-hydrogen) atoms. The van der Waals surface area contributed by atoms with Crippen LogP contribution in [0.25, 0.3) is 0 Å². The molecule has 0 heterocycles. The van der Waals surface area contributed by atoms with E-state index in [4.69, 9.17) is 0 Å². The van der Waals surface area contributed by atoms with E-state index in [1.165, 1.54) is 32.5 Å². The van der Waals surface area contributed by atoms with Gasteiger partial charge in [0.25, 0.3) is 0 Å². The average molecular weight is 186 g/mol. The molecule has 0 aromatic rings. The minimum Gasteiger partial charge on any atom is -0.314 e. The van der Waals surface area contributed by atoms with Crippen LogP contribution in [0.5, 0.6) is 0 Å². The molecule has 0 bridgehead atoms. The third-order valence-corrected chi connectivity index (χ3v) is 2.67. The molecule has 0 radical (unpaired) electrons. The largest absolute Gasteiger partial charge is 0.314 e. The molecular weight excluding hydrogens is 160 g/mol. The molecule has 0 spiro atoms. The van der Waals surface area contributed by atoms with Gasteiger partial charge in [-0.25, -0.2) is 0 Å². The zero-order valence-electron chi connectivity index (χ0n) is 9.77. The van der Waals surface area contributed by atoms with Crippen molar-refractivity contribution in [1.82, 2.24) is 10.2 Å². The highest BCUT2D eigenvalue weighted by Gasteiger charge is 2.06. The van der Waals surface area contributed by atoms with E-state index in [0.717, 1.165) is 6.54 Å². The summed E-state index contributed by atoms with van der Waals surface area (Å²) < 4.78 is 0. The van der Waals surface area contributed by atoms with Gasteiger partial charge in [-0.05, 0) is 39.0 Å². The molecule has 0 aliphatic heterocycles. The smallest absolute Gasteiger partial charge is 0.00764 e. The number of nitrogens with one attached hydrogen (secondary N) is 1. The zero-order valence-corrected chi connectivity index (χ0v) is 9.77. The van der Waals surface area contributed by atoms with Gasteiger partial charge in [0.2, 0.25) is 0 Å². The lowest BCUT2D eigenvalue weighted by molar-refractivity contribution is 0.280. The number of rotatable bonds is 8. The fourth-order valence-electron chi connectivity index (χ4n) is 1.62. The van der Waals surface area contributed by atoms with Crippen molar-refractivity contribution < 1.29 is 0 Å². The van der Waals surface area contributed by atoms with Crippen LogP contribution < -0.4 is 5.32 Å². The SMILES string of the molecule is CCNC(CC)CCN(CC)CC. The molecule has 2 nitrogen and oxygen atoms in total. The highest BCUT2D eigenvalue weighted by atomic mass is 15.1. The summed E-state index contributed by atoms with van der Waals surface area (Å²) in [7, 11) is 0. The van der Waals surface area contributed by atoms with Crippen LogP contribution in [-0.2, 0) is 0 Å². The lowest BCUT2D eigenvalue weighted by Crippen LogP contribution is -2.33. The van der Waals surface area contributed by atoms with Crippen LogP contribution in [0.4, 0.5) is 0 Å². The summed E-state index contributed by atoms with van der Waals surface area (Å²) in [5.74, 6) is 0. The van der Waals surface area contributed by atoms with E-state index >= 15 is 0 Å². The van der Waals surface area contributed by atoms with Gasteiger partial charge in [0.15, 0.2) is 0 Å². The van der Waals surface area contributed by atoms with Crippen molar-refractivity contribution in [3.8, 4) is 0 Å². The second-order valence-corrected chi connectivity index (χ2v) is 3.48. The summed E-state index contributed by atoms with van der Waals surface area (Å²) in [5.41, 5.74) is 0. The summed E-state index contributed by atoms with van der Waals surface area (Å²) in [4.78, 5) is 2.49. The van der Waals surface area contributed by atoms with Gasteiger partial charge in [0.05, 0.1) is 0 Å². The Hall–Kier alpha value is -0.0800. The van der Waals surface area contributed by atoms with Gasteiger partial charge in [-0.15, -0.1) is 0 Å². The van der Waals surface area contributed by atoms with E-state index in [9.17, 15) is 0 Å². The summed E-state index contributed by atoms with van der Waals surface area (Å²) in [6, 6.07) is 0.714. The molecule has 0 aliphatic rings. The molecule has 0 fully saturated rings. The zero-order chi connectivity index (χ0) is 10.1. The quantitative estimate of drug-likeness (QED) is 0.624.